The maximum Gasteiger partial charge on any atom is 0.338 e. The van der Waals surface area contributed by atoms with Gasteiger partial charge in [-0.1, -0.05) is 6.42 Å². The largest absolute Gasteiger partial charge is 0.452 e. The van der Waals surface area contributed by atoms with Crippen LogP contribution < -0.4 is 10.0 Å². The van der Waals surface area contributed by atoms with E-state index in [4.69, 9.17) is 4.74 Å². The Labute approximate surface area is 230 Å². The van der Waals surface area contributed by atoms with Crippen molar-refractivity contribution in [1.82, 2.24) is 4.31 Å². The maximum atomic E-state index is 13.4. The Hall–Kier alpha value is -3.88. The lowest BCUT2D eigenvalue weighted by atomic mass is 10.2. The number of hydrogen-bond acceptors (Lipinski definition) is 7. The fraction of sp³-hybridized carbons (Fsp3) is 0.231. The summed E-state index contributed by atoms with van der Waals surface area (Å²) in [5, 5.41) is 2.51. The van der Waals surface area contributed by atoms with Gasteiger partial charge in [0.2, 0.25) is 10.0 Å². The van der Waals surface area contributed by atoms with Crippen LogP contribution in [-0.2, 0) is 29.6 Å². The van der Waals surface area contributed by atoms with Crippen molar-refractivity contribution in [1.29, 1.82) is 0 Å². The minimum absolute atomic E-state index is 0.0239. The van der Waals surface area contributed by atoms with Crippen LogP contribution in [0, 0.1) is 11.6 Å². The highest BCUT2D eigenvalue weighted by molar-refractivity contribution is 7.92. The van der Waals surface area contributed by atoms with Crippen LogP contribution in [0.3, 0.4) is 0 Å². The molecule has 0 spiro atoms. The molecular formula is C26H25F2N3O7S2. The SMILES string of the molecule is O=C(COC(=O)c1ccc(NS(=O)(=O)c2ccc(F)c(F)c2)cc1)Nc1ccc(S(=O)(=O)N2CCCCC2)cc1. The van der Waals surface area contributed by atoms with Gasteiger partial charge in [0.05, 0.1) is 15.4 Å². The average molecular weight is 594 g/mol. The molecule has 40 heavy (non-hydrogen) atoms. The molecule has 0 atom stereocenters. The zero-order valence-corrected chi connectivity index (χ0v) is 22.6. The third-order valence-corrected chi connectivity index (χ3v) is 9.29. The second-order valence-corrected chi connectivity index (χ2v) is 12.5. The van der Waals surface area contributed by atoms with E-state index in [1.165, 1.54) is 52.8 Å². The number of carbonyl (C=O) groups excluding carboxylic acids is 2. The highest BCUT2D eigenvalue weighted by Gasteiger charge is 2.25. The molecule has 1 amide bonds. The highest BCUT2D eigenvalue weighted by atomic mass is 32.2. The van der Waals surface area contributed by atoms with Gasteiger partial charge >= 0.3 is 5.97 Å². The molecule has 1 aliphatic rings. The monoisotopic (exact) mass is 593 g/mol. The molecule has 0 bridgehead atoms. The van der Waals surface area contributed by atoms with Crippen molar-refractivity contribution in [2.75, 3.05) is 29.7 Å². The molecule has 10 nitrogen and oxygen atoms in total. The molecule has 1 heterocycles. The Morgan fingerprint density at radius 1 is 0.775 bits per heavy atom. The van der Waals surface area contributed by atoms with E-state index in [2.05, 4.69) is 10.0 Å². The number of sulfonamides is 2. The summed E-state index contributed by atoms with van der Waals surface area (Å²) < 4.78 is 85.3. The minimum atomic E-state index is -4.22. The third kappa shape index (κ3) is 7.00. The van der Waals surface area contributed by atoms with Gasteiger partial charge in [0.1, 0.15) is 0 Å². The number of carbonyl (C=O) groups is 2. The first-order chi connectivity index (χ1) is 19.0. The summed E-state index contributed by atoms with van der Waals surface area (Å²) in [6, 6.07) is 12.8. The normalized spacial score (nSPS) is 14.3. The van der Waals surface area contributed by atoms with Gasteiger partial charge in [0, 0.05) is 24.5 Å². The van der Waals surface area contributed by atoms with E-state index in [1.54, 1.807) is 0 Å². The Bertz CT molecular complexity index is 1610. The molecule has 0 aromatic heterocycles. The predicted molar refractivity (Wildman–Crippen MR) is 142 cm³/mol. The topological polar surface area (TPSA) is 139 Å². The Kier molecular flexibility index (Phi) is 8.81. The van der Waals surface area contributed by atoms with Crippen molar-refractivity contribution < 1.29 is 39.9 Å². The zero-order chi connectivity index (χ0) is 28.9. The van der Waals surface area contributed by atoms with Crippen LogP contribution in [-0.4, -0.2) is 52.7 Å². The fourth-order valence-corrected chi connectivity index (χ4v) is 6.50. The lowest BCUT2D eigenvalue weighted by Crippen LogP contribution is -2.35. The van der Waals surface area contributed by atoms with Gasteiger partial charge < -0.3 is 10.1 Å². The Morgan fingerprint density at radius 3 is 2.00 bits per heavy atom. The molecular weight excluding hydrogens is 568 g/mol. The molecule has 0 aliphatic carbocycles. The molecule has 4 rings (SSSR count). The molecule has 0 radical (unpaired) electrons. The number of halogens is 2. The molecule has 2 N–H and O–H groups in total. The number of esters is 1. The Balaban J connectivity index is 1.29. The van der Waals surface area contributed by atoms with Crippen molar-refractivity contribution in [3.8, 4) is 0 Å². The number of benzene rings is 3. The van der Waals surface area contributed by atoms with Crippen molar-refractivity contribution in [3.05, 3.63) is 83.9 Å². The summed E-state index contributed by atoms with van der Waals surface area (Å²) in [4.78, 5) is 24.2. The number of amides is 1. The Morgan fingerprint density at radius 2 is 1.38 bits per heavy atom. The lowest BCUT2D eigenvalue weighted by molar-refractivity contribution is -0.119. The van der Waals surface area contributed by atoms with E-state index in [1.807, 2.05) is 0 Å². The molecule has 3 aromatic rings. The van der Waals surface area contributed by atoms with Crippen molar-refractivity contribution in [2.24, 2.45) is 0 Å². The number of rotatable bonds is 9. The van der Waals surface area contributed by atoms with Crippen LogP contribution >= 0.6 is 0 Å². The first kappa shape index (κ1) is 29.1. The van der Waals surface area contributed by atoms with Crippen molar-refractivity contribution >= 4 is 43.3 Å². The zero-order valence-electron chi connectivity index (χ0n) is 21.0. The summed E-state index contributed by atoms with van der Waals surface area (Å²) in [5.41, 5.74) is 0.386. The van der Waals surface area contributed by atoms with Crippen molar-refractivity contribution in [2.45, 2.75) is 29.1 Å². The molecule has 0 saturated carbocycles. The number of anilines is 2. The van der Waals surface area contributed by atoms with Crippen LogP contribution in [0.5, 0.6) is 0 Å². The van der Waals surface area contributed by atoms with Gasteiger partial charge in [-0.05, 0) is 79.6 Å². The summed E-state index contributed by atoms with van der Waals surface area (Å²) >= 11 is 0. The lowest BCUT2D eigenvalue weighted by Gasteiger charge is -2.25. The molecule has 3 aromatic carbocycles. The number of nitrogens with zero attached hydrogens (tertiary/aromatic N) is 1. The summed E-state index contributed by atoms with van der Waals surface area (Å²) in [5.74, 6) is -4.01. The van der Waals surface area contributed by atoms with Crippen LogP contribution in [0.4, 0.5) is 20.2 Å². The van der Waals surface area contributed by atoms with Crippen LogP contribution in [0.15, 0.2) is 76.5 Å². The van der Waals surface area contributed by atoms with Gasteiger partial charge in [0.15, 0.2) is 18.2 Å². The van der Waals surface area contributed by atoms with E-state index in [-0.39, 0.29) is 16.1 Å². The highest BCUT2D eigenvalue weighted by Crippen LogP contribution is 2.22. The average Bonchev–Trinajstić information content (AvgIpc) is 2.94. The van der Waals surface area contributed by atoms with Crippen LogP contribution in [0.1, 0.15) is 29.6 Å². The standard InChI is InChI=1S/C26H25F2N3O7S2/c27-23-13-12-22(16-24(23)28)39(34,35)30-20-6-4-18(5-7-20)26(33)38-17-25(32)29-19-8-10-21(11-9-19)40(36,37)31-14-2-1-3-15-31/h4-13,16,30H,1-3,14-15,17H2,(H,29,32). The van der Waals surface area contributed by atoms with E-state index in [0.717, 1.165) is 25.3 Å². The summed E-state index contributed by atoms with van der Waals surface area (Å²) in [6.07, 6.45) is 2.63. The maximum absolute atomic E-state index is 13.4. The number of hydrogen-bond donors (Lipinski definition) is 2. The first-order valence-electron chi connectivity index (χ1n) is 12.1. The smallest absolute Gasteiger partial charge is 0.338 e. The third-order valence-electron chi connectivity index (χ3n) is 6.00. The second-order valence-electron chi connectivity index (χ2n) is 8.87. The molecule has 14 heteroatoms. The fourth-order valence-electron chi connectivity index (χ4n) is 3.91. The van der Waals surface area contributed by atoms with Gasteiger partial charge in [-0.15, -0.1) is 0 Å². The summed E-state index contributed by atoms with van der Waals surface area (Å²) in [7, 11) is -7.82. The predicted octanol–water partition coefficient (Wildman–Crippen LogP) is 3.74. The van der Waals surface area contributed by atoms with Crippen molar-refractivity contribution in [3.63, 3.8) is 0 Å². The van der Waals surface area contributed by atoms with E-state index < -0.39 is 55.1 Å². The first-order valence-corrected chi connectivity index (χ1v) is 15.0. The number of nitrogens with one attached hydrogen (secondary N) is 2. The quantitative estimate of drug-likeness (QED) is 0.361. The molecule has 1 saturated heterocycles. The van der Waals surface area contributed by atoms with E-state index in [0.29, 0.717) is 30.9 Å². The van der Waals surface area contributed by atoms with E-state index >= 15 is 0 Å². The van der Waals surface area contributed by atoms with Gasteiger partial charge in [-0.25, -0.2) is 30.4 Å². The van der Waals surface area contributed by atoms with Crippen LogP contribution in [0.2, 0.25) is 0 Å². The van der Waals surface area contributed by atoms with E-state index in [9.17, 15) is 35.2 Å². The van der Waals surface area contributed by atoms with Gasteiger partial charge in [0.25, 0.3) is 15.9 Å². The molecule has 1 aliphatic heterocycles. The minimum Gasteiger partial charge on any atom is -0.452 e. The number of piperidine rings is 1. The second kappa shape index (κ2) is 12.1. The summed E-state index contributed by atoms with van der Waals surface area (Å²) in [6.45, 7) is 0.320. The van der Waals surface area contributed by atoms with Gasteiger partial charge in [-0.2, -0.15) is 4.31 Å². The number of ether oxygens (including phenoxy) is 1. The van der Waals surface area contributed by atoms with Gasteiger partial charge in [-0.3, -0.25) is 9.52 Å². The molecule has 0 unspecified atom stereocenters. The van der Waals surface area contributed by atoms with Crippen LogP contribution in [0.25, 0.3) is 0 Å². The molecule has 212 valence electrons. The molecule has 1 fully saturated rings.